The predicted octanol–water partition coefficient (Wildman–Crippen LogP) is 3.53. The first kappa shape index (κ1) is 9.86. The van der Waals surface area contributed by atoms with E-state index in [4.69, 9.17) is 0 Å². The van der Waals surface area contributed by atoms with E-state index in [2.05, 4.69) is 39.0 Å². The summed E-state index contributed by atoms with van der Waals surface area (Å²) in [6, 6.07) is 7.39. The third-order valence-corrected chi connectivity index (χ3v) is 4.49. The predicted molar refractivity (Wildman–Crippen MR) is 66.0 cm³/mol. The number of hydrogen-bond donors (Lipinski definition) is 0. The Hall–Kier alpha value is -0.340. The van der Waals surface area contributed by atoms with Gasteiger partial charge in [-0.1, -0.05) is 28.1 Å². The van der Waals surface area contributed by atoms with Gasteiger partial charge >= 0.3 is 0 Å². The molecule has 1 aromatic carbocycles. The number of rotatable bonds is 1. The topological polar surface area (TPSA) is 3.24 Å². The minimum Gasteiger partial charge on any atom is -0.296 e. The summed E-state index contributed by atoms with van der Waals surface area (Å²) in [6.45, 7) is 2.60. The summed E-state index contributed by atoms with van der Waals surface area (Å²) < 4.78 is 1.31. The molecular weight excluding hydrogens is 250 g/mol. The van der Waals surface area contributed by atoms with Crippen molar-refractivity contribution >= 4 is 15.9 Å². The number of benzene rings is 1. The van der Waals surface area contributed by atoms with Crippen molar-refractivity contribution in [2.24, 2.45) is 0 Å². The zero-order valence-corrected chi connectivity index (χ0v) is 10.5. The van der Waals surface area contributed by atoms with Crippen LogP contribution in [0.1, 0.15) is 36.4 Å². The van der Waals surface area contributed by atoms with Crippen LogP contribution in [0.4, 0.5) is 0 Å². The molecule has 2 heteroatoms. The van der Waals surface area contributed by atoms with E-state index >= 15 is 0 Å². The maximum atomic E-state index is 3.68. The number of nitrogens with zero attached hydrogens (tertiary/aromatic N) is 1. The highest BCUT2D eigenvalue weighted by Gasteiger charge is 2.29. The van der Waals surface area contributed by atoms with Gasteiger partial charge in [-0.25, -0.2) is 0 Å². The Labute approximate surface area is 99.6 Å². The Morgan fingerprint density at radius 1 is 1.20 bits per heavy atom. The van der Waals surface area contributed by atoms with Gasteiger partial charge in [0, 0.05) is 10.5 Å². The van der Waals surface area contributed by atoms with Gasteiger partial charge < -0.3 is 0 Å². The van der Waals surface area contributed by atoms with Crippen LogP contribution in [0, 0.1) is 0 Å². The first-order valence-corrected chi connectivity index (χ1v) is 6.67. The molecule has 1 atom stereocenters. The smallest absolute Gasteiger partial charge is 0.0351 e. The van der Waals surface area contributed by atoms with Crippen LogP contribution in [0.25, 0.3) is 0 Å². The van der Waals surface area contributed by atoms with E-state index in [0.717, 1.165) is 0 Å². The maximum absolute atomic E-state index is 3.68. The SMILES string of the molecule is Brc1cccc2c1CCCC2N1CCC1. The van der Waals surface area contributed by atoms with Crippen LogP contribution in [0.2, 0.25) is 0 Å². The summed E-state index contributed by atoms with van der Waals surface area (Å²) >= 11 is 3.68. The second-order valence-corrected chi connectivity index (χ2v) is 5.46. The highest BCUT2D eigenvalue weighted by Crippen LogP contribution is 2.39. The molecule has 0 aromatic heterocycles. The van der Waals surface area contributed by atoms with Crippen LogP contribution in [-0.2, 0) is 6.42 Å². The van der Waals surface area contributed by atoms with Crippen molar-refractivity contribution < 1.29 is 0 Å². The van der Waals surface area contributed by atoms with E-state index in [0.29, 0.717) is 6.04 Å². The largest absolute Gasteiger partial charge is 0.296 e. The van der Waals surface area contributed by atoms with E-state index in [1.807, 2.05) is 0 Å². The molecule has 1 aromatic rings. The van der Waals surface area contributed by atoms with Crippen molar-refractivity contribution in [3.05, 3.63) is 33.8 Å². The van der Waals surface area contributed by atoms with Gasteiger partial charge in [-0.2, -0.15) is 0 Å². The third-order valence-electron chi connectivity index (χ3n) is 3.75. The highest BCUT2D eigenvalue weighted by molar-refractivity contribution is 9.10. The number of halogens is 1. The van der Waals surface area contributed by atoms with Gasteiger partial charge in [0.25, 0.3) is 0 Å². The van der Waals surface area contributed by atoms with Crippen LogP contribution in [0.5, 0.6) is 0 Å². The summed E-state index contributed by atoms with van der Waals surface area (Å²) in [5.41, 5.74) is 3.14. The van der Waals surface area contributed by atoms with Gasteiger partial charge in [-0.05, 0) is 56.0 Å². The average molecular weight is 266 g/mol. The molecule has 3 rings (SSSR count). The van der Waals surface area contributed by atoms with E-state index in [-0.39, 0.29) is 0 Å². The number of fused-ring (bicyclic) bond motifs is 1. The fourth-order valence-corrected chi connectivity index (χ4v) is 3.39. The summed E-state index contributed by atoms with van der Waals surface area (Å²) in [6.07, 6.45) is 5.33. The zero-order valence-electron chi connectivity index (χ0n) is 8.88. The minimum atomic E-state index is 0.708. The summed E-state index contributed by atoms with van der Waals surface area (Å²) in [5.74, 6) is 0. The molecule has 1 aliphatic carbocycles. The molecule has 1 unspecified atom stereocenters. The molecular formula is C13H16BrN. The monoisotopic (exact) mass is 265 g/mol. The average Bonchev–Trinajstić information content (AvgIpc) is 2.17. The number of likely N-dealkylation sites (tertiary alicyclic amines) is 1. The van der Waals surface area contributed by atoms with E-state index in [1.54, 1.807) is 11.1 Å². The fourth-order valence-electron chi connectivity index (χ4n) is 2.81. The van der Waals surface area contributed by atoms with Gasteiger partial charge in [-0.15, -0.1) is 0 Å². The fraction of sp³-hybridized carbons (Fsp3) is 0.538. The Morgan fingerprint density at radius 2 is 2.07 bits per heavy atom. The Balaban J connectivity index is 1.98. The highest BCUT2D eigenvalue weighted by atomic mass is 79.9. The van der Waals surface area contributed by atoms with Gasteiger partial charge in [-0.3, -0.25) is 4.90 Å². The Morgan fingerprint density at radius 3 is 2.80 bits per heavy atom. The van der Waals surface area contributed by atoms with Crippen molar-refractivity contribution in [2.75, 3.05) is 13.1 Å². The van der Waals surface area contributed by atoms with Crippen LogP contribution in [0.15, 0.2) is 22.7 Å². The molecule has 1 aliphatic heterocycles. The lowest BCUT2D eigenvalue weighted by Crippen LogP contribution is -2.41. The van der Waals surface area contributed by atoms with Gasteiger partial charge in [0.2, 0.25) is 0 Å². The van der Waals surface area contributed by atoms with Crippen molar-refractivity contribution in [1.82, 2.24) is 4.90 Å². The summed E-state index contributed by atoms with van der Waals surface area (Å²) in [4.78, 5) is 2.63. The Kier molecular flexibility index (Phi) is 2.57. The quantitative estimate of drug-likeness (QED) is 0.751. The molecule has 80 valence electrons. The zero-order chi connectivity index (χ0) is 10.3. The second-order valence-electron chi connectivity index (χ2n) is 4.61. The van der Waals surface area contributed by atoms with Crippen LogP contribution >= 0.6 is 15.9 Å². The van der Waals surface area contributed by atoms with Gasteiger partial charge in [0.15, 0.2) is 0 Å². The first-order chi connectivity index (χ1) is 7.36. The summed E-state index contributed by atoms with van der Waals surface area (Å²) in [5, 5.41) is 0. The Bertz CT molecular complexity index is 371. The first-order valence-electron chi connectivity index (χ1n) is 5.87. The standard InChI is InChI=1S/C13H16BrN/c14-12-6-1-5-11-10(12)4-2-7-13(11)15-8-3-9-15/h1,5-6,13H,2-4,7-9H2. The molecule has 0 saturated carbocycles. The molecule has 1 fully saturated rings. The lowest BCUT2D eigenvalue weighted by molar-refractivity contribution is 0.105. The molecule has 0 amide bonds. The lowest BCUT2D eigenvalue weighted by Gasteiger charge is -2.41. The van der Waals surface area contributed by atoms with E-state index in [1.165, 1.54) is 43.2 Å². The molecule has 1 nitrogen and oxygen atoms in total. The molecule has 2 aliphatic rings. The third kappa shape index (κ3) is 1.64. The normalized spacial score (nSPS) is 25.8. The van der Waals surface area contributed by atoms with Gasteiger partial charge in [0.05, 0.1) is 0 Å². The summed E-state index contributed by atoms with van der Waals surface area (Å²) in [7, 11) is 0. The molecule has 0 spiro atoms. The second kappa shape index (κ2) is 3.91. The van der Waals surface area contributed by atoms with Crippen molar-refractivity contribution in [3.8, 4) is 0 Å². The van der Waals surface area contributed by atoms with Crippen molar-refractivity contribution in [3.63, 3.8) is 0 Å². The van der Waals surface area contributed by atoms with Crippen LogP contribution in [0.3, 0.4) is 0 Å². The molecule has 1 heterocycles. The molecule has 0 bridgehead atoms. The van der Waals surface area contributed by atoms with Crippen molar-refractivity contribution in [2.45, 2.75) is 31.7 Å². The van der Waals surface area contributed by atoms with Crippen LogP contribution in [-0.4, -0.2) is 18.0 Å². The van der Waals surface area contributed by atoms with E-state index in [9.17, 15) is 0 Å². The maximum Gasteiger partial charge on any atom is 0.0351 e. The molecule has 15 heavy (non-hydrogen) atoms. The van der Waals surface area contributed by atoms with E-state index < -0.39 is 0 Å². The lowest BCUT2D eigenvalue weighted by atomic mass is 9.85. The molecule has 0 radical (unpaired) electrons. The minimum absolute atomic E-state index is 0.708. The van der Waals surface area contributed by atoms with Gasteiger partial charge in [0.1, 0.15) is 0 Å². The number of hydrogen-bond acceptors (Lipinski definition) is 1. The molecule has 0 N–H and O–H groups in total. The van der Waals surface area contributed by atoms with Crippen molar-refractivity contribution in [1.29, 1.82) is 0 Å². The van der Waals surface area contributed by atoms with Crippen LogP contribution < -0.4 is 0 Å². The molecule has 1 saturated heterocycles.